The van der Waals surface area contributed by atoms with Gasteiger partial charge < -0.3 is 15.8 Å². The van der Waals surface area contributed by atoms with E-state index in [0.717, 1.165) is 19.3 Å². The molecule has 4 nitrogen and oxygen atoms in total. The fraction of sp³-hybridized carbons (Fsp3) is 0.632. The first-order valence-corrected chi connectivity index (χ1v) is 8.59. The molecule has 0 radical (unpaired) electrons. The zero-order valence-corrected chi connectivity index (χ0v) is 15.8. The van der Waals surface area contributed by atoms with Crippen LogP contribution in [0.25, 0.3) is 0 Å². The Hall–Kier alpha value is -1.10. The summed E-state index contributed by atoms with van der Waals surface area (Å²) in [5.74, 6) is 0.200. The number of rotatable bonds is 6. The third kappa shape index (κ3) is 5.76. The van der Waals surface area contributed by atoms with Crippen molar-refractivity contribution in [3.05, 3.63) is 35.9 Å². The van der Waals surface area contributed by atoms with Gasteiger partial charge in [0, 0.05) is 19.3 Å². The van der Waals surface area contributed by atoms with Gasteiger partial charge in [-0.1, -0.05) is 44.2 Å². The number of hydrogen-bond donors (Lipinski definition) is 2. The second kappa shape index (κ2) is 9.40. The van der Waals surface area contributed by atoms with E-state index in [1.165, 1.54) is 5.56 Å². The first-order valence-electron chi connectivity index (χ1n) is 8.59. The molecule has 1 saturated heterocycles. The lowest BCUT2D eigenvalue weighted by molar-refractivity contribution is -0.125. The molecule has 0 aliphatic carbocycles. The minimum Gasteiger partial charge on any atom is -0.381 e. The highest BCUT2D eigenvalue weighted by Gasteiger charge is 2.29. The van der Waals surface area contributed by atoms with Gasteiger partial charge in [-0.25, -0.2) is 0 Å². The normalized spacial score (nSPS) is 18.3. The first kappa shape index (κ1) is 20.9. The lowest BCUT2D eigenvalue weighted by atomic mass is 9.79. The van der Waals surface area contributed by atoms with E-state index < -0.39 is 6.04 Å². The summed E-state index contributed by atoms with van der Waals surface area (Å²) in [7, 11) is 0. The van der Waals surface area contributed by atoms with Crippen LogP contribution in [0.15, 0.2) is 30.3 Å². The number of amides is 1. The van der Waals surface area contributed by atoms with Crippen molar-refractivity contribution in [1.29, 1.82) is 0 Å². The number of benzene rings is 1. The van der Waals surface area contributed by atoms with Crippen molar-refractivity contribution in [3.63, 3.8) is 0 Å². The number of carbonyl (C=O) groups is 1. The van der Waals surface area contributed by atoms with Crippen molar-refractivity contribution in [3.8, 4) is 0 Å². The van der Waals surface area contributed by atoms with Crippen LogP contribution in [0.1, 0.15) is 45.6 Å². The molecule has 0 aromatic heterocycles. The van der Waals surface area contributed by atoms with E-state index in [9.17, 15) is 4.79 Å². The summed E-state index contributed by atoms with van der Waals surface area (Å²) in [5, 5.41) is 3.10. The second-order valence-electron chi connectivity index (χ2n) is 7.34. The fourth-order valence-electron chi connectivity index (χ4n) is 3.45. The van der Waals surface area contributed by atoms with Crippen LogP contribution in [0.5, 0.6) is 0 Å². The quantitative estimate of drug-likeness (QED) is 0.825. The molecular formula is C19H31ClN2O2. The van der Waals surface area contributed by atoms with Crippen molar-refractivity contribution in [1.82, 2.24) is 5.32 Å². The van der Waals surface area contributed by atoms with E-state index in [0.29, 0.717) is 13.2 Å². The van der Waals surface area contributed by atoms with E-state index in [2.05, 4.69) is 50.4 Å². The Morgan fingerprint density at radius 3 is 2.46 bits per heavy atom. The molecule has 136 valence electrons. The summed E-state index contributed by atoms with van der Waals surface area (Å²) in [6, 6.07) is 10.1. The maximum absolute atomic E-state index is 12.4. The molecule has 5 heteroatoms. The predicted molar refractivity (Wildman–Crippen MR) is 100 cm³/mol. The van der Waals surface area contributed by atoms with E-state index in [1.54, 1.807) is 0 Å². The van der Waals surface area contributed by atoms with E-state index >= 15 is 0 Å². The van der Waals surface area contributed by atoms with Crippen LogP contribution in [0.4, 0.5) is 0 Å². The highest BCUT2D eigenvalue weighted by molar-refractivity contribution is 5.85. The molecule has 1 amide bonds. The molecule has 1 aliphatic rings. The van der Waals surface area contributed by atoms with Gasteiger partial charge in [-0.15, -0.1) is 12.4 Å². The van der Waals surface area contributed by atoms with Crippen molar-refractivity contribution < 1.29 is 9.53 Å². The average Bonchev–Trinajstić information content (AvgIpc) is 2.55. The molecule has 2 atom stereocenters. The standard InChI is InChI=1S/C19H30N2O2.ClH/c1-14(13-19(2,3)16-7-5-4-6-8-16)21-18(22)17(20)15-9-11-23-12-10-15;/h4-8,14-15,17H,9-13,20H2,1-3H3,(H,21,22);1H. The van der Waals surface area contributed by atoms with Crippen LogP contribution in [0.3, 0.4) is 0 Å². The maximum Gasteiger partial charge on any atom is 0.237 e. The number of halogens is 1. The summed E-state index contributed by atoms with van der Waals surface area (Å²) in [6.07, 6.45) is 2.63. The molecule has 3 N–H and O–H groups in total. The monoisotopic (exact) mass is 354 g/mol. The van der Waals surface area contributed by atoms with Gasteiger partial charge in [-0.3, -0.25) is 4.79 Å². The minimum atomic E-state index is -0.429. The topological polar surface area (TPSA) is 64.4 Å². The van der Waals surface area contributed by atoms with Crippen LogP contribution in [0, 0.1) is 5.92 Å². The van der Waals surface area contributed by atoms with Crippen LogP contribution in [0.2, 0.25) is 0 Å². The molecule has 0 saturated carbocycles. The van der Waals surface area contributed by atoms with Crippen molar-refractivity contribution in [2.75, 3.05) is 13.2 Å². The fourth-order valence-corrected chi connectivity index (χ4v) is 3.45. The Morgan fingerprint density at radius 1 is 1.29 bits per heavy atom. The molecule has 24 heavy (non-hydrogen) atoms. The lowest BCUT2D eigenvalue weighted by Crippen LogP contribution is -2.50. The SMILES string of the molecule is CC(CC(C)(C)c1ccccc1)NC(=O)C(N)C1CCOCC1.Cl. The number of nitrogens with one attached hydrogen (secondary N) is 1. The number of hydrogen-bond acceptors (Lipinski definition) is 3. The van der Waals surface area contributed by atoms with Gasteiger partial charge in [-0.2, -0.15) is 0 Å². The van der Waals surface area contributed by atoms with Crippen molar-refractivity contribution >= 4 is 18.3 Å². The summed E-state index contributed by atoms with van der Waals surface area (Å²) < 4.78 is 5.34. The van der Waals surface area contributed by atoms with Crippen molar-refractivity contribution in [2.24, 2.45) is 11.7 Å². The van der Waals surface area contributed by atoms with Crippen LogP contribution < -0.4 is 11.1 Å². The molecule has 1 aliphatic heterocycles. The number of ether oxygens (including phenoxy) is 1. The Balaban J connectivity index is 0.00000288. The van der Waals surface area contributed by atoms with Gasteiger partial charge in [0.15, 0.2) is 0 Å². The molecule has 0 bridgehead atoms. The summed E-state index contributed by atoms with van der Waals surface area (Å²) in [6.45, 7) is 7.90. The molecule has 2 rings (SSSR count). The summed E-state index contributed by atoms with van der Waals surface area (Å²) in [4.78, 5) is 12.4. The zero-order chi connectivity index (χ0) is 16.9. The van der Waals surface area contributed by atoms with E-state index in [4.69, 9.17) is 10.5 Å². The Kier molecular flexibility index (Phi) is 8.20. The molecule has 1 aromatic rings. The lowest BCUT2D eigenvalue weighted by Gasteiger charge is -2.31. The maximum atomic E-state index is 12.4. The molecule has 1 fully saturated rings. The van der Waals surface area contributed by atoms with Gasteiger partial charge >= 0.3 is 0 Å². The second-order valence-corrected chi connectivity index (χ2v) is 7.34. The first-order chi connectivity index (χ1) is 10.9. The van der Waals surface area contributed by atoms with Crippen LogP contribution >= 0.6 is 12.4 Å². The average molecular weight is 355 g/mol. The Labute approximate surface area is 151 Å². The van der Waals surface area contributed by atoms with Gasteiger partial charge in [-0.05, 0) is 43.1 Å². The van der Waals surface area contributed by atoms with Gasteiger partial charge in [0.2, 0.25) is 5.91 Å². The summed E-state index contributed by atoms with van der Waals surface area (Å²) in [5.41, 5.74) is 7.45. The molecule has 2 unspecified atom stereocenters. The van der Waals surface area contributed by atoms with E-state index in [1.807, 2.05) is 6.07 Å². The molecule has 1 heterocycles. The van der Waals surface area contributed by atoms with Gasteiger partial charge in [0.25, 0.3) is 0 Å². The zero-order valence-electron chi connectivity index (χ0n) is 15.0. The largest absolute Gasteiger partial charge is 0.381 e. The molecule has 0 spiro atoms. The molecule has 1 aromatic carbocycles. The predicted octanol–water partition coefficient (Wildman–Crippen LogP) is 3.03. The third-order valence-corrected chi connectivity index (χ3v) is 4.84. The van der Waals surface area contributed by atoms with Gasteiger partial charge in [0.05, 0.1) is 6.04 Å². The van der Waals surface area contributed by atoms with Crippen LogP contribution in [-0.2, 0) is 14.9 Å². The number of nitrogens with two attached hydrogens (primary N) is 1. The highest BCUT2D eigenvalue weighted by atomic mass is 35.5. The Morgan fingerprint density at radius 2 is 1.88 bits per heavy atom. The van der Waals surface area contributed by atoms with Gasteiger partial charge in [0.1, 0.15) is 0 Å². The number of carbonyl (C=O) groups excluding carboxylic acids is 1. The minimum absolute atomic E-state index is 0. The van der Waals surface area contributed by atoms with E-state index in [-0.39, 0.29) is 35.7 Å². The third-order valence-electron chi connectivity index (χ3n) is 4.84. The molecular weight excluding hydrogens is 324 g/mol. The summed E-state index contributed by atoms with van der Waals surface area (Å²) >= 11 is 0. The highest BCUT2D eigenvalue weighted by Crippen LogP contribution is 2.28. The Bertz CT molecular complexity index is 501. The van der Waals surface area contributed by atoms with Crippen molar-refractivity contribution in [2.45, 2.75) is 57.5 Å². The van der Waals surface area contributed by atoms with Crippen LogP contribution in [-0.4, -0.2) is 31.2 Å². The smallest absolute Gasteiger partial charge is 0.237 e.